The minimum Gasteiger partial charge on any atom is -0.444 e. The molecular weight excluding hydrogens is 254 g/mol. The molecule has 0 radical (unpaired) electrons. The SMILES string of the molecule is CC(C)(C)OC(=O)Nc1cccc(CCO)c1Cl. The molecule has 0 unspecified atom stereocenters. The molecule has 0 spiro atoms. The Bertz CT molecular complexity index is 427. The van der Waals surface area contributed by atoms with Crippen molar-refractivity contribution in [1.82, 2.24) is 0 Å². The maximum absolute atomic E-state index is 11.6. The van der Waals surface area contributed by atoms with Crippen molar-refractivity contribution >= 4 is 23.4 Å². The summed E-state index contributed by atoms with van der Waals surface area (Å²) in [5.74, 6) is 0. The Morgan fingerprint density at radius 1 is 1.44 bits per heavy atom. The van der Waals surface area contributed by atoms with Crippen molar-refractivity contribution < 1.29 is 14.6 Å². The molecule has 0 atom stereocenters. The number of nitrogens with one attached hydrogen (secondary N) is 1. The Morgan fingerprint density at radius 3 is 2.67 bits per heavy atom. The molecule has 1 amide bonds. The van der Waals surface area contributed by atoms with E-state index >= 15 is 0 Å². The Kier molecular flexibility index (Phi) is 4.99. The number of amides is 1. The Balaban J connectivity index is 2.79. The number of anilines is 1. The number of hydrogen-bond donors (Lipinski definition) is 2. The highest BCUT2D eigenvalue weighted by Crippen LogP contribution is 2.26. The molecule has 0 aliphatic rings. The predicted molar refractivity (Wildman–Crippen MR) is 72.1 cm³/mol. The number of rotatable bonds is 3. The molecule has 0 aliphatic carbocycles. The summed E-state index contributed by atoms with van der Waals surface area (Å²) < 4.78 is 5.14. The van der Waals surface area contributed by atoms with Crippen LogP contribution in [0.1, 0.15) is 26.3 Å². The predicted octanol–water partition coefficient (Wildman–Crippen LogP) is 3.22. The Morgan fingerprint density at radius 2 is 2.11 bits per heavy atom. The zero-order chi connectivity index (χ0) is 13.8. The fourth-order valence-corrected chi connectivity index (χ4v) is 1.67. The maximum atomic E-state index is 11.6. The molecular formula is C13H18ClNO3. The molecule has 18 heavy (non-hydrogen) atoms. The van der Waals surface area contributed by atoms with Gasteiger partial charge in [-0.1, -0.05) is 23.7 Å². The lowest BCUT2D eigenvalue weighted by Crippen LogP contribution is -2.27. The van der Waals surface area contributed by atoms with Crippen LogP contribution >= 0.6 is 11.6 Å². The summed E-state index contributed by atoms with van der Waals surface area (Å²) in [6.07, 6.45) is -0.103. The topological polar surface area (TPSA) is 58.6 Å². The number of aliphatic hydroxyl groups is 1. The third-order valence-electron chi connectivity index (χ3n) is 2.10. The molecule has 1 aromatic rings. The van der Waals surface area contributed by atoms with Gasteiger partial charge >= 0.3 is 6.09 Å². The lowest BCUT2D eigenvalue weighted by atomic mass is 10.1. The second-order valence-corrected chi connectivity index (χ2v) is 5.26. The molecule has 4 nitrogen and oxygen atoms in total. The summed E-state index contributed by atoms with van der Waals surface area (Å²) in [4.78, 5) is 11.6. The van der Waals surface area contributed by atoms with Crippen LogP contribution in [0.25, 0.3) is 0 Å². The van der Waals surface area contributed by atoms with Crippen molar-refractivity contribution in [2.24, 2.45) is 0 Å². The van der Waals surface area contributed by atoms with Gasteiger partial charge in [0.1, 0.15) is 5.60 Å². The summed E-state index contributed by atoms with van der Waals surface area (Å²) in [6.45, 7) is 5.37. The van der Waals surface area contributed by atoms with Gasteiger partial charge in [-0.3, -0.25) is 5.32 Å². The zero-order valence-corrected chi connectivity index (χ0v) is 11.5. The van der Waals surface area contributed by atoms with Gasteiger partial charge in [-0.15, -0.1) is 0 Å². The van der Waals surface area contributed by atoms with E-state index in [1.165, 1.54) is 0 Å². The molecule has 0 bridgehead atoms. The van der Waals surface area contributed by atoms with Gasteiger partial charge in [-0.05, 0) is 38.8 Å². The number of benzene rings is 1. The van der Waals surface area contributed by atoms with E-state index in [-0.39, 0.29) is 6.61 Å². The Hall–Kier alpha value is -1.26. The largest absolute Gasteiger partial charge is 0.444 e. The molecule has 2 N–H and O–H groups in total. The summed E-state index contributed by atoms with van der Waals surface area (Å²) in [6, 6.07) is 5.26. The van der Waals surface area contributed by atoms with E-state index in [0.717, 1.165) is 5.56 Å². The third-order valence-corrected chi connectivity index (χ3v) is 2.54. The van der Waals surface area contributed by atoms with E-state index in [4.69, 9.17) is 21.4 Å². The lowest BCUT2D eigenvalue weighted by Gasteiger charge is -2.20. The highest BCUT2D eigenvalue weighted by atomic mass is 35.5. The third kappa shape index (κ3) is 4.55. The van der Waals surface area contributed by atoms with Crippen molar-refractivity contribution in [1.29, 1.82) is 0 Å². The second kappa shape index (κ2) is 6.07. The number of hydrogen-bond acceptors (Lipinski definition) is 3. The van der Waals surface area contributed by atoms with Crippen molar-refractivity contribution in [2.75, 3.05) is 11.9 Å². The van der Waals surface area contributed by atoms with Crippen LogP contribution in [0.15, 0.2) is 18.2 Å². The van der Waals surface area contributed by atoms with Gasteiger partial charge in [-0.2, -0.15) is 0 Å². The van der Waals surface area contributed by atoms with E-state index in [1.54, 1.807) is 39.0 Å². The van der Waals surface area contributed by atoms with E-state index in [1.807, 2.05) is 0 Å². The van der Waals surface area contributed by atoms with E-state index in [9.17, 15) is 4.79 Å². The van der Waals surface area contributed by atoms with Crippen molar-refractivity contribution in [3.8, 4) is 0 Å². The molecule has 0 fully saturated rings. The number of halogens is 1. The van der Waals surface area contributed by atoms with E-state index < -0.39 is 11.7 Å². The fourth-order valence-electron chi connectivity index (χ4n) is 1.40. The van der Waals surface area contributed by atoms with Gasteiger partial charge < -0.3 is 9.84 Å². The molecule has 0 saturated heterocycles. The minimum atomic E-state index is -0.556. The molecule has 1 aromatic carbocycles. The van der Waals surface area contributed by atoms with Gasteiger partial charge in [0.2, 0.25) is 0 Å². The monoisotopic (exact) mass is 271 g/mol. The molecule has 1 rings (SSSR count). The van der Waals surface area contributed by atoms with Crippen molar-refractivity contribution in [3.63, 3.8) is 0 Å². The summed E-state index contributed by atoms with van der Waals surface area (Å²) >= 11 is 6.12. The van der Waals surface area contributed by atoms with Gasteiger partial charge in [0.05, 0.1) is 10.7 Å². The summed E-state index contributed by atoms with van der Waals surface area (Å²) in [7, 11) is 0. The average molecular weight is 272 g/mol. The number of aliphatic hydroxyl groups excluding tert-OH is 1. The first-order valence-electron chi connectivity index (χ1n) is 5.72. The smallest absolute Gasteiger partial charge is 0.412 e. The van der Waals surface area contributed by atoms with Gasteiger partial charge in [-0.25, -0.2) is 4.79 Å². The molecule has 0 aromatic heterocycles. The summed E-state index contributed by atoms with van der Waals surface area (Å²) in [5, 5.41) is 11.9. The molecule has 0 heterocycles. The first-order chi connectivity index (χ1) is 8.33. The highest BCUT2D eigenvalue weighted by Gasteiger charge is 2.17. The van der Waals surface area contributed by atoms with Crippen molar-refractivity contribution in [3.05, 3.63) is 28.8 Å². The molecule has 5 heteroatoms. The van der Waals surface area contributed by atoms with Crippen LogP contribution in [0, 0.1) is 0 Å². The van der Waals surface area contributed by atoms with E-state index in [2.05, 4.69) is 5.32 Å². The Labute approximate surface area is 112 Å². The summed E-state index contributed by atoms with van der Waals surface area (Å²) in [5.41, 5.74) is 0.712. The van der Waals surface area contributed by atoms with Crippen LogP contribution < -0.4 is 5.32 Å². The zero-order valence-electron chi connectivity index (χ0n) is 10.8. The fraction of sp³-hybridized carbons (Fsp3) is 0.462. The molecule has 0 aliphatic heterocycles. The van der Waals surface area contributed by atoms with Crippen LogP contribution in [0.5, 0.6) is 0 Å². The molecule has 100 valence electrons. The van der Waals surface area contributed by atoms with Crippen LogP contribution in [-0.4, -0.2) is 23.4 Å². The van der Waals surface area contributed by atoms with Gasteiger partial charge in [0.15, 0.2) is 0 Å². The maximum Gasteiger partial charge on any atom is 0.412 e. The van der Waals surface area contributed by atoms with E-state index in [0.29, 0.717) is 17.1 Å². The first kappa shape index (κ1) is 14.8. The normalized spacial score (nSPS) is 11.2. The quantitative estimate of drug-likeness (QED) is 0.887. The average Bonchev–Trinajstić information content (AvgIpc) is 2.21. The lowest BCUT2D eigenvalue weighted by molar-refractivity contribution is 0.0636. The van der Waals surface area contributed by atoms with Gasteiger partial charge in [0.25, 0.3) is 0 Å². The number of carbonyl (C=O) groups is 1. The van der Waals surface area contributed by atoms with Crippen LogP contribution in [-0.2, 0) is 11.2 Å². The molecule has 0 saturated carbocycles. The number of carbonyl (C=O) groups excluding carboxylic acids is 1. The first-order valence-corrected chi connectivity index (χ1v) is 6.09. The van der Waals surface area contributed by atoms with Crippen LogP contribution in [0.4, 0.5) is 10.5 Å². The van der Waals surface area contributed by atoms with Crippen molar-refractivity contribution in [2.45, 2.75) is 32.8 Å². The minimum absolute atomic E-state index is 0.00953. The highest BCUT2D eigenvalue weighted by molar-refractivity contribution is 6.34. The standard InChI is InChI=1S/C13H18ClNO3/c1-13(2,3)18-12(17)15-10-6-4-5-9(7-8-16)11(10)14/h4-6,16H,7-8H2,1-3H3,(H,15,17). The van der Waals surface area contributed by atoms with Crippen LogP contribution in [0.3, 0.4) is 0 Å². The second-order valence-electron chi connectivity index (χ2n) is 4.88. The number of ether oxygens (including phenoxy) is 1. The van der Waals surface area contributed by atoms with Gasteiger partial charge in [0, 0.05) is 6.61 Å². The van der Waals surface area contributed by atoms with Crippen LogP contribution in [0.2, 0.25) is 5.02 Å².